The maximum Gasteiger partial charge on any atom is 0.303 e. The number of pyridine rings is 1. The fourth-order valence-corrected chi connectivity index (χ4v) is 3.94. The summed E-state index contributed by atoms with van der Waals surface area (Å²) in [4.78, 5) is 27.9. The van der Waals surface area contributed by atoms with Crippen LogP contribution in [0.4, 0.5) is 0 Å². The number of carboxylic acids is 1. The van der Waals surface area contributed by atoms with Crippen molar-refractivity contribution in [2.75, 3.05) is 6.26 Å². The number of H-pyrrole nitrogens is 2. The van der Waals surface area contributed by atoms with Crippen molar-refractivity contribution in [3.05, 3.63) is 65.1 Å². The van der Waals surface area contributed by atoms with Gasteiger partial charge in [-0.15, -0.1) is 0 Å². The fourth-order valence-electron chi connectivity index (χ4n) is 3.28. The lowest BCUT2D eigenvalue weighted by Gasteiger charge is -2.07. The summed E-state index contributed by atoms with van der Waals surface area (Å²) in [5.41, 5.74) is 2.83. The van der Waals surface area contributed by atoms with Crippen molar-refractivity contribution in [1.29, 1.82) is 0 Å². The van der Waals surface area contributed by atoms with Crippen molar-refractivity contribution in [2.45, 2.75) is 25.2 Å². The normalized spacial score (nSPS) is 11.5. The molecular formula is C23H24N2O5S. The Bertz CT molecular complexity index is 1410. The van der Waals surface area contributed by atoms with E-state index in [4.69, 9.17) is 5.11 Å². The Morgan fingerprint density at radius 2 is 1.74 bits per heavy atom. The summed E-state index contributed by atoms with van der Waals surface area (Å²) in [6, 6.07) is 14.4. The molecular weight excluding hydrogens is 416 g/mol. The van der Waals surface area contributed by atoms with Crippen molar-refractivity contribution in [3.63, 3.8) is 0 Å². The van der Waals surface area contributed by atoms with Crippen LogP contribution in [0.25, 0.3) is 32.9 Å². The Balaban J connectivity index is 0.000000339. The second kappa shape index (κ2) is 8.77. The Labute approximate surface area is 179 Å². The van der Waals surface area contributed by atoms with Gasteiger partial charge in [0.25, 0.3) is 5.56 Å². The first-order valence-electron chi connectivity index (χ1n) is 9.71. The van der Waals surface area contributed by atoms with Crippen molar-refractivity contribution in [1.82, 2.24) is 9.97 Å². The molecule has 0 saturated heterocycles. The second-order valence-electron chi connectivity index (χ2n) is 7.77. The average Bonchev–Trinajstić information content (AvgIpc) is 3.18. The second-order valence-corrected chi connectivity index (χ2v) is 9.79. The molecule has 0 saturated carbocycles. The number of aromatic amines is 2. The number of aromatic nitrogens is 2. The zero-order valence-corrected chi connectivity index (χ0v) is 18.3. The SMILES string of the molecule is CC(C)CC(=O)O.CS(=O)(=O)c1cccc(-c2ccc3[nH]c(=O)c4[nH]ccc4c3c2)c1. The van der Waals surface area contributed by atoms with Crippen molar-refractivity contribution < 1.29 is 18.3 Å². The van der Waals surface area contributed by atoms with Gasteiger partial charge in [-0.2, -0.15) is 0 Å². The summed E-state index contributed by atoms with van der Waals surface area (Å²) in [6.45, 7) is 3.77. The highest BCUT2D eigenvalue weighted by Crippen LogP contribution is 2.28. The molecule has 0 aliphatic rings. The van der Waals surface area contributed by atoms with Gasteiger partial charge in [0.05, 0.1) is 4.90 Å². The molecule has 2 aromatic carbocycles. The Morgan fingerprint density at radius 1 is 1.03 bits per heavy atom. The van der Waals surface area contributed by atoms with Gasteiger partial charge in [-0.3, -0.25) is 9.59 Å². The van der Waals surface area contributed by atoms with Crippen LogP contribution >= 0.6 is 0 Å². The summed E-state index contributed by atoms with van der Waals surface area (Å²) in [7, 11) is -3.26. The van der Waals surface area contributed by atoms with Crippen LogP contribution in [-0.2, 0) is 14.6 Å². The first kappa shape index (κ1) is 22.3. The third-order valence-electron chi connectivity index (χ3n) is 4.71. The predicted octanol–water partition coefficient (Wildman–Crippen LogP) is 4.20. The van der Waals surface area contributed by atoms with Crippen LogP contribution in [0.2, 0.25) is 0 Å². The molecule has 2 aromatic heterocycles. The van der Waals surface area contributed by atoms with Crippen LogP contribution in [0, 0.1) is 5.92 Å². The summed E-state index contributed by atoms with van der Waals surface area (Å²) in [5, 5.41) is 9.84. The van der Waals surface area contributed by atoms with Crippen LogP contribution in [0.3, 0.4) is 0 Å². The van der Waals surface area contributed by atoms with Gasteiger partial charge in [0, 0.05) is 35.2 Å². The molecule has 0 unspecified atom stereocenters. The van der Waals surface area contributed by atoms with Crippen LogP contribution in [0.1, 0.15) is 20.3 Å². The number of rotatable bonds is 4. The lowest BCUT2D eigenvalue weighted by atomic mass is 10.0. The number of hydrogen-bond acceptors (Lipinski definition) is 4. The summed E-state index contributed by atoms with van der Waals surface area (Å²) < 4.78 is 23.5. The van der Waals surface area contributed by atoms with E-state index in [-0.39, 0.29) is 22.8 Å². The third-order valence-corrected chi connectivity index (χ3v) is 5.82. The van der Waals surface area contributed by atoms with Crippen LogP contribution in [0.5, 0.6) is 0 Å². The molecule has 162 valence electrons. The summed E-state index contributed by atoms with van der Waals surface area (Å²) >= 11 is 0. The Hall–Kier alpha value is -3.39. The zero-order valence-electron chi connectivity index (χ0n) is 17.5. The molecule has 4 rings (SSSR count). The van der Waals surface area contributed by atoms with E-state index in [9.17, 15) is 18.0 Å². The quantitative estimate of drug-likeness (QED) is 0.439. The number of aliphatic carboxylic acids is 1. The molecule has 7 nitrogen and oxygen atoms in total. The Morgan fingerprint density at radius 3 is 2.35 bits per heavy atom. The maximum atomic E-state index is 12.0. The minimum absolute atomic E-state index is 0.158. The topological polar surface area (TPSA) is 120 Å². The number of nitrogens with one attached hydrogen (secondary N) is 2. The number of benzene rings is 2. The van der Waals surface area contributed by atoms with Crippen LogP contribution < -0.4 is 5.56 Å². The molecule has 3 N–H and O–H groups in total. The van der Waals surface area contributed by atoms with E-state index in [1.165, 1.54) is 6.26 Å². The number of fused-ring (bicyclic) bond motifs is 3. The van der Waals surface area contributed by atoms with Crippen LogP contribution in [0.15, 0.2) is 64.4 Å². The largest absolute Gasteiger partial charge is 0.481 e. The van der Waals surface area contributed by atoms with Gasteiger partial charge in [-0.05, 0) is 47.4 Å². The van der Waals surface area contributed by atoms with Gasteiger partial charge >= 0.3 is 5.97 Å². The monoisotopic (exact) mass is 440 g/mol. The molecule has 2 heterocycles. The first-order chi connectivity index (χ1) is 14.6. The van der Waals surface area contributed by atoms with Crippen molar-refractivity contribution >= 4 is 37.6 Å². The smallest absolute Gasteiger partial charge is 0.303 e. The van der Waals surface area contributed by atoms with Crippen molar-refractivity contribution in [2.24, 2.45) is 5.92 Å². The minimum atomic E-state index is -3.26. The van der Waals surface area contributed by atoms with Gasteiger partial charge in [0.15, 0.2) is 9.84 Å². The van der Waals surface area contributed by atoms with E-state index in [1.807, 2.05) is 44.2 Å². The zero-order chi connectivity index (χ0) is 22.8. The molecule has 0 aliphatic carbocycles. The van der Waals surface area contributed by atoms with Gasteiger partial charge in [-0.1, -0.05) is 32.0 Å². The molecule has 0 fully saturated rings. The molecule has 4 aromatic rings. The van der Waals surface area contributed by atoms with E-state index in [0.717, 1.165) is 27.4 Å². The van der Waals surface area contributed by atoms with Crippen molar-refractivity contribution in [3.8, 4) is 11.1 Å². The van der Waals surface area contributed by atoms with E-state index >= 15 is 0 Å². The predicted molar refractivity (Wildman–Crippen MR) is 122 cm³/mol. The molecule has 8 heteroatoms. The Kier molecular flexibility index (Phi) is 6.31. The highest BCUT2D eigenvalue weighted by atomic mass is 32.2. The number of carbonyl (C=O) groups is 1. The molecule has 0 atom stereocenters. The van der Waals surface area contributed by atoms with Gasteiger partial charge in [0.1, 0.15) is 5.52 Å². The lowest BCUT2D eigenvalue weighted by Crippen LogP contribution is -2.05. The maximum absolute atomic E-state index is 12.0. The standard InChI is InChI=1S/C18H14N2O3S.C5H10O2/c1-24(22,23)13-4-2-3-11(9-13)12-5-6-16-15(10-12)14-7-8-19-17(14)18(21)20-16;1-4(2)3-5(6)7/h2-10,19H,1H3,(H,20,21);4H,3H2,1-2H3,(H,6,7). The third kappa shape index (κ3) is 5.21. The number of sulfone groups is 1. The molecule has 0 bridgehead atoms. The molecule has 31 heavy (non-hydrogen) atoms. The highest BCUT2D eigenvalue weighted by Gasteiger charge is 2.10. The van der Waals surface area contributed by atoms with E-state index < -0.39 is 15.8 Å². The minimum Gasteiger partial charge on any atom is -0.481 e. The summed E-state index contributed by atoms with van der Waals surface area (Å²) in [5.74, 6) is -0.438. The molecule has 0 radical (unpaired) electrons. The first-order valence-corrected chi connectivity index (χ1v) is 11.6. The van der Waals surface area contributed by atoms with Gasteiger partial charge < -0.3 is 15.1 Å². The van der Waals surface area contributed by atoms with E-state index in [1.54, 1.807) is 24.4 Å². The fraction of sp³-hybridized carbons (Fsp3) is 0.217. The molecule has 0 spiro atoms. The van der Waals surface area contributed by atoms with Gasteiger partial charge in [-0.25, -0.2) is 8.42 Å². The van der Waals surface area contributed by atoms with E-state index in [2.05, 4.69) is 9.97 Å². The molecule has 0 aliphatic heterocycles. The summed E-state index contributed by atoms with van der Waals surface area (Å²) in [6.07, 6.45) is 3.21. The average molecular weight is 441 g/mol. The number of hydrogen-bond donors (Lipinski definition) is 3. The van der Waals surface area contributed by atoms with E-state index in [0.29, 0.717) is 5.52 Å². The highest BCUT2D eigenvalue weighted by molar-refractivity contribution is 7.90. The molecule has 0 amide bonds. The van der Waals surface area contributed by atoms with Crippen LogP contribution in [-0.4, -0.2) is 35.7 Å². The van der Waals surface area contributed by atoms with Gasteiger partial charge in [0.2, 0.25) is 0 Å². The number of carboxylic acid groups (broad SMARTS) is 1. The lowest BCUT2D eigenvalue weighted by molar-refractivity contribution is -0.137.